The van der Waals surface area contributed by atoms with Crippen molar-refractivity contribution >= 4 is 0 Å². The maximum Gasteiger partial charge on any atom is 0.389 e. The monoisotopic (exact) mass is 368 g/mol. The van der Waals surface area contributed by atoms with Crippen LogP contribution in [-0.4, -0.2) is 6.61 Å². The minimum Gasteiger partial charge on any atom is -0.316 e. The molecule has 0 spiro atoms. The molecular weight excluding hydrogens is 344 g/mol. The highest BCUT2D eigenvalue weighted by atomic mass is 19.3. The summed E-state index contributed by atoms with van der Waals surface area (Å²) in [5.74, 6) is -2.55. The van der Waals surface area contributed by atoms with E-state index in [1.54, 1.807) is 0 Å². The SMILES string of the molecule is CCCc1cc(F)c(C(F)(F)OCCc2cc(C)c(C)c(C)c2)c(F)c1. The summed E-state index contributed by atoms with van der Waals surface area (Å²) >= 11 is 0. The first kappa shape index (κ1) is 20.4. The van der Waals surface area contributed by atoms with Crippen LogP contribution < -0.4 is 0 Å². The van der Waals surface area contributed by atoms with Crippen LogP contribution in [-0.2, 0) is 23.7 Å². The van der Waals surface area contributed by atoms with Crippen molar-refractivity contribution in [3.05, 3.63) is 69.3 Å². The molecule has 0 aliphatic rings. The van der Waals surface area contributed by atoms with Crippen molar-refractivity contribution in [2.75, 3.05) is 6.61 Å². The molecule has 0 N–H and O–H groups in total. The second-order valence-electron chi connectivity index (χ2n) is 6.65. The minimum atomic E-state index is -4.02. The highest BCUT2D eigenvalue weighted by Crippen LogP contribution is 2.34. The normalized spacial score (nSPS) is 11.8. The standard InChI is InChI=1S/C21H24F4O/c1-5-6-16-11-18(22)20(19(23)12-16)21(24,25)26-8-7-17-9-13(2)15(4)14(3)10-17/h9-12H,5-8H2,1-4H3. The van der Waals surface area contributed by atoms with Crippen LogP contribution in [0.4, 0.5) is 17.6 Å². The van der Waals surface area contributed by atoms with Crippen molar-refractivity contribution in [3.8, 4) is 0 Å². The topological polar surface area (TPSA) is 9.23 Å². The third kappa shape index (κ3) is 4.64. The van der Waals surface area contributed by atoms with Gasteiger partial charge in [-0.25, -0.2) is 8.78 Å². The van der Waals surface area contributed by atoms with Gasteiger partial charge in [0.1, 0.15) is 17.2 Å². The lowest BCUT2D eigenvalue weighted by molar-refractivity contribution is -0.251. The van der Waals surface area contributed by atoms with E-state index in [-0.39, 0.29) is 13.0 Å². The zero-order valence-electron chi connectivity index (χ0n) is 15.6. The molecule has 0 radical (unpaired) electrons. The third-order valence-electron chi connectivity index (χ3n) is 4.59. The van der Waals surface area contributed by atoms with Crippen LogP contribution in [0.3, 0.4) is 0 Å². The van der Waals surface area contributed by atoms with Crippen LogP contribution in [0.15, 0.2) is 24.3 Å². The van der Waals surface area contributed by atoms with Crippen molar-refractivity contribution in [1.82, 2.24) is 0 Å². The minimum absolute atomic E-state index is 0.231. The molecule has 2 rings (SSSR count). The summed E-state index contributed by atoms with van der Waals surface area (Å²) in [5, 5.41) is 0. The van der Waals surface area contributed by atoms with Gasteiger partial charge < -0.3 is 4.74 Å². The average Bonchev–Trinajstić information content (AvgIpc) is 2.51. The van der Waals surface area contributed by atoms with E-state index in [2.05, 4.69) is 4.74 Å². The highest BCUT2D eigenvalue weighted by molar-refractivity contribution is 5.37. The van der Waals surface area contributed by atoms with Gasteiger partial charge in [-0.1, -0.05) is 25.5 Å². The van der Waals surface area contributed by atoms with E-state index < -0.39 is 23.3 Å². The molecule has 0 heterocycles. The summed E-state index contributed by atoms with van der Waals surface area (Å²) in [5.41, 5.74) is 3.16. The van der Waals surface area contributed by atoms with Gasteiger partial charge >= 0.3 is 6.11 Å². The van der Waals surface area contributed by atoms with E-state index in [9.17, 15) is 17.6 Å². The second-order valence-corrected chi connectivity index (χ2v) is 6.65. The van der Waals surface area contributed by atoms with Gasteiger partial charge in [0.25, 0.3) is 0 Å². The molecule has 2 aromatic carbocycles. The van der Waals surface area contributed by atoms with Gasteiger partial charge in [0.2, 0.25) is 0 Å². The molecule has 142 valence electrons. The maximum atomic E-state index is 14.2. The van der Waals surface area contributed by atoms with Gasteiger partial charge in [-0.05, 0) is 73.6 Å². The van der Waals surface area contributed by atoms with Gasteiger partial charge in [-0.2, -0.15) is 8.78 Å². The molecule has 0 aromatic heterocycles. The second kappa shape index (κ2) is 8.21. The van der Waals surface area contributed by atoms with E-state index >= 15 is 0 Å². The molecule has 0 amide bonds. The smallest absolute Gasteiger partial charge is 0.316 e. The number of halogens is 4. The van der Waals surface area contributed by atoms with E-state index in [1.165, 1.54) is 0 Å². The molecule has 0 unspecified atom stereocenters. The summed E-state index contributed by atoms with van der Waals surface area (Å²) in [6, 6.07) is 5.72. The Morgan fingerprint density at radius 3 is 1.85 bits per heavy atom. The van der Waals surface area contributed by atoms with Crippen molar-refractivity contribution in [2.24, 2.45) is 0 Å². The Balaban J connectivity index is 2.12. The van der Waals surface area contributed by atoms with Crippen LogP contribution in [0.25, 0.3) is 0 Å². The van der Waals surface area contributed by atoms with E-state index in [0.717, 1.165) is 34.4 Å². The van der Waals surface area contributed by atoms with Crippen LogP contribution >= 0.6 is 0 Å². The fourth-order valence-corrected chi connectivity index (χ4v) is 2.98. The Morgan fingerprint density at radius 2 is 1.35 bits per heavy atom. The molecular formula is C21H24F4O. The Morgan fingerprint density at radius 1 is 0.846 bits per heavy atom. The van der Waals surface area contributed by atoms with E-state index in [4.69, 9.17) is 0 Å². The zero-order chi connectivity index (χ0) is 19.5. The van der Waals surface area contributed by atoms with Gasteiger partial charge in [0.15, 0.2) is 0 Å². The number of hydrogen-bond donors (Lipinski definition) is 0. The lowest BCUT2D eigenvalue weighted by Crippen LogP contribution is -2.23. The quantitative estimate of drug-likeness (QED) is 0.533. The van der Waals surface area contributed by atoms with Crippen molar-refractivity contribution < 1.29 is 22.3 Å². The maximum absolute atomic E-state index is 14.2. The largest absolute Gasteiger partial charge is 0.389 e. The summed E-state index contributed by atoms with van der Waals surface area (Å²) in [6.45, 7) is 7.39. The molecule has 0 bridgehead atoms. The fourth-order valence-electron chi connectivity index (χ4n) is 2.98. The van der Waals surface area contributed by atoms with Crippen LogP contribution in [0.5, 0.6) is 0 Å². The first-order valence-corrected chi connectivity index (χ1v) is 8.72. The molecule has 0 saturated carbocycles. The molecule has 0 aliphatic carbocycles. The summed E-state index contributed by atoms with van der Waals surface area (Å²) in [6.07, 6.45) is -2.70. The number of aryl methyl sites for hydroxylation is 3. The Bertz CT molecular complexity index is 738. The molecule has 1 nitrogen and oxygen atoms in total. The Hall–Kier alpha value is -1.88. The Kier molecular flexibility index (Phi) is 6.45. The fraction of sp³-hybridized carbons (Fsp3) is 0.429. The highest BCUT2D eigenvalue weighted by Gasteiger charge is 2.39. The zero-order valence-corrected chi connectivity index (χ0v) is 15.6. The van der Waals surface area contributed by atoms with Gasteiger partial charge in [0.05, 0.1) is 6.61 Å². The number of rotatable bonds is 7. The predicted molar refractivity (Wildman–Crippen MR) is 94.6 cm³/mol. The predicted octanol–water partition coefficient (Wildman–Crippen LogP) is 6.15. The molecule has 0 atom stereocenters. The molecule has 0 saturated heterocycles. The van der Waals surface area contributed by atoms with Gasteiger partial charge in [-0.3, -0.25) is 0 Å². The number of benzene rings is 2. The van der Waals surface area contributed by atoms with Crippen molar-refractivity contribution in [1.29, 1.82) is 0 Å². The van der Waals surface area contributed by atoms with Crippen LogP contribution in [0, 0.1) is 32.4 Å². The van der Waals surface area contributed by atoms with Crippen LogP contribution in [0.1, 0.15) is 46.7 Å². The van der Waals surface area contributed by atoms with Crippen molar-refractivity contribution in [2.45, 2.75) is 53.1 Å². The number of hydrogen-bond acceptors (Lipinski definition) is 1. The lowest BCUT2D eigenvalue weighted by Gasteiger charge is -2.19. The number of ether oxygens (including phenoxy) is 1. The summed E-state index contributed by atoms with van der Waals surface area (Å²) < 4.78 is 61.1. The molecule has 0 fully saturated rings. The van der Waals surface area contributed by atoms with E-state index in [1.807, 2.05) is 39.8 Å². The molecule has 0 aliphatic heterocycles. The molecule has 26 heavy (non-hydrogen) atoms. The first-order chi connectivity index (χ1) is 12.2. The molecule has 2 aromatic rings. The summed E-state index contributed by atoms with van der Waals surface area (Å²) in [7, 11) is 0. The summed E-state index contributed by atoms with van der Waals surface area (Å²) in [4.78, 5) is 0. The molecule has 5 heteroatoms. The van der Waals surface area contributed by atoms with E-state index in [0.29, 0.717) is 18.4 Å². The third-order valence-corrected chi connectivity index (χ3v) is 4.59. The Labute approximate surface area is 152 Å². The van der Waals surface area contributed by atoms with Crippen molar-refractivity contribution in [3.63, 3.8) is 0 Å². The first-order valence-electron chi connectivity index (χ1n) is 8.72. The van der Waals surface area contributed by atoms with Gasteiger partial charge in [0, 0.05) is 0 Å². The average molecular weight is 368 g/mol. The van der Waals surface area contributed by atoms with Gasteiger partial charge in [-0.15, -0.1) is 0 Å². The lowest BCUT2D eigenvalue weighted by atomic mass is 9.99. The van der Waals surface area contributed by atoms with Crippen LogP contribution in [0.2, 0.25) is 0 Å². The number of alkyl halides is 2.